The van der Waals surface area contributed by atoms with Crippen LogP contribution in [0, 0.1) is 0 Å². The van der Waals surface area contributed by atoms with Crippen LogP contribution < -0.4 is 10.2 Å². The fraction of sp³-hybridized carbons (Fsp3) is 0.250. The summed E-state index contributed by atoms with van der Waals surface area (Å²) in [6.45, 7) is 2.50. The Hall–Kier alpha value is -1.78. The molecule has 0 spiro atoms. The van der Waals surface area contributed by atoms with Crippen molar-refractivity contribution in [2.75, 3.05) is 0 Å². The molecular weight excluding hydrogens is 251 g/mol. The van der Waals surface area contributed by atoms with Gasteiger partial charge in [0.15, 0.2) is 0 Å². The highest BCUT2D eigenvalue weighted by atomic mass is 16.5. The second-order valence-corrected chi connectivity index (χ2v) is 4.77. The van der Waals surface area contributed by atoms with Gasteiger partial charge < -0.3 is 14.8 Å². The fourth-order valence-corrected chi connectivity index (χ4v) is 2.11. The molecule has 2 N–H and O–H groups in total. The summed E-state index contributed by atoms with van der Waals surface area (Å²) in [7, 11) is -1.52. The van der Waals surface area contributed by atoms with Crippen LogP contribution >= 0.6 is 0 Å². The first kappa shape index (κ1) is 14.6. The van der Waals surface area contributed by atoms with Crippen molar-refractivity contribution in [3.05, 3.63) is 59.7 Å². The van der Waals surface area contributed by atoms with Crippen LogP contribution in [0.2, 0.25) is 0 Å². The summed E-state index contributed by atoms with van der Waals surface area (Å²) in [5, 5.41) is 18.9. The maximum absolute atomic E-state index is 9.47. The van der Waals surface area contributed by atoms with Gasteiger partial charge in [0.2, 0.25) is 0 Å². The van der Waals surface area contributed by atoms with Gasteiger partial charge in [-0.2, -0.15) is 0 Å². The van der Waals surface area contributed by atoms with Crippen LogP contribution in [0.25, 0.3) is 0 Å². The molecule has 0 heterocycles. The lowest BCUT2D eigenvalue weighted by Gasteiger charge is -2.13. The van der Waals surface area contributed by atoms with E-state index in [9.17, 15) is 10.0 Å². The van der Waals surface area contributed by atoms with Gasteiger partial charge in [-0.1, -0.05) is 55.8 Å². The van der Waals surface area contributed by atoms with Crippen LogP contribution in [0.15, 0.2) is 48.5 Å². The number of benzene rings is 2. The van der Waals surface area contributed by atoms with Crippen molar-refractivity contribution < 1.29 is 14.8 Å². The zero-order chi connectivity index (χ0) is 14.4. The summed E-state index contributed by atoms with van der Waals surface area (Å²) in [6, 6.07) is 15.4. The molecule has 0 saturated carbocycles. The molecule has 2 aromatic carbocycles. The Labute approximate surface area is 120 Å². The molecule has 4 heteroatoms. The van der Waals surface area contributed by atoms with E-state index in [0.717, 1.165) is 24.0 Å². The molecule has 2 rings (SSSR count). The van der Waals surface area contributed by atoms with Crippen LogP contribution in [0.5, 0.6) is 5.75 Å². The zero-order valence-electron chi connectivity index (χ0n) is 11.6. The minimum Gasteiger partial charge on any atom is -0.489 e. The maximum atomic E-state index is 9.47. The van der Waals surface area contributed by atoms with E-state index in [4.69, 9.17) is 4.74 Å². The molecule has 0 fully saturated rings. The maximum Gasteiger partial charge on any atom is 0.492 e. The summed E-state index contributed by atoms with van der Waals surface area (Å²) in [5.41, 5.74) is 2.55. The lowest BCUT2D eigenvalue weighted by Crippen LogP contribution is -2.31. The molecule has 3 nitrogen and oxygen atoms in total. The molecule has 0 aromatic heterocycles. The molecule has 2 aromatic rings. The molecule has 104 valence electrons. The van der Waals surface area contributed by atoms with E-state index in [1.165, 1.54) is 0 Å². The van der Waals surface area contributed by atoms with E-state index in [-0.39, 0.29) is 0 Å². The largest absolute Gasteiger partial charge is 0.492 e. The van der Waals surface area contributed by atoms with Gasteiger partial charge in [-0.3, -0.25) is 0 Å². The SMILES string of the molecule is CCCc1ccc(OCc2ccccc2)c(B(O)O)c1. The van der Waals surface area contributed by atoms with Crippen LogP contribution in [-0.2, 0) is 13.0 Å². The first-order chi connectivity index (χ1) is 9.70. The predicted octanol–water partition coefficient (Wildman–Crippen LogP) is 1.90. The minimum absolute atomic E-state index is 0.410. The number of rotatable bonds is 6. The molecule has 0 amide bonds. The van der Waals surface area contributed by atoms with Gasteiger partial charge in [-0.15, -0.1) is 0 Å². The van der Waals surface area contributed by atoms with Crippen LogP contribution in [0.4, 0.5) is 0 Å². The molecule has 0 saturated heterocycles. The van der Waals surface area contributed by atoms with Crippen molar-refractivity contribution in [3.8, 4) is 5.75 Å². The molecule has 0 aliphatic rings. The first-order valence-electron chi connectivity index (χ1n) is 6.86. The summed E-state index contributed by atoms with van der Waals surface area (Å²) in [6.07, 6.45) is 1.93. The highest BCUT2D eigenvalue weighted by Crippen LogP contribution is 2.14. The second-order valence-electron chi connectivity index (χ2n) is 4.77. The monoisotopic (exact) mass is 270 g/mol. The minimum atomic E-state index is -1.52. The Morgan fingerprint density at radius 1 is 1.00 bits per heavy atom. The highest BCUT2D eigenvalue weighted by Gasteiger charge is 2.17. The van der Waals surface area contributed by atoms with E-state index < -0.39 is 7.12 Å². The highest BCUT2D eigenvalue weighted by molar-refractivity contribution is 6.59. The van der Waals surface area contributed by atoms with E-state index >= 15 is 0 Å². The average Bonchev–Trinajstić information content (AvgIpc) is 2.47. The third kappa shape index (κ3) is 3.86. The molecule has 0 bridgehead atoms. The Kier molecular flexibility index (Phi) is 5.21. The average molecular weight is 270 g/mol. The van der Waals surface area contributed by atoms with Crippen molar-refractivity contribution in [3.63, 3.8) is 0 Å². The van der Waals surface area contributed by atoms with Gasteiger partial charge >= 0.3 is 7.12 Å². The first-order valence-corrected chi connectivity index (χ1v) is 6.86. The molecular formula is C16H19BO3. The smallest absolute Gasteiger partial charge is 0.489 e. The summed E-state index contributed by atoms with van der Waals surface area (Å²) < 4.78 is 5.70. The van der Waals surface area contributed by atoms with Gasteiger partial charge in [-0.25, -0.2) is 0 Å². The van der Waals surface area contributed by atoms with Gasteiger partial charge in [0.25, 0.3) is 0 Å². The Bertz CT molecular complexity index is 541. The van der Waals surface area contributed by atoms with Crippen LogP contribution in [-0.4, -0.2) is 17.2 Å². The number of hydrogen-bond donors (Lipinski definition) is 2. The molecule has 0 atom stereocenters. The second kappa shape index (κ2) is 7.13. The zero-order valence-corrected chi connectivity index (χ0v) is 11.6. The topological polar surface area (TPSA) is 49.7 Å². The quantitative estimate of drug-likeness (QED) is 0.788. The van der Waals surface area contributed by atoms with Crippen molar-refractivity contribution in [2.45, 2.75) is 26.4 Å². The summed E-state index contributed by atoms with van der Waals surface area (Å²) in [5.74, 6) is 0.517. The van der Waals surface area contributed by atoms with E-state index in [1.807, 2.05) is 42.5 Å². The van der Waals surface area contributed by atoms with E-state index in [1.54, 1.807) is 6.07 Å². The van der Waals surface area contributed by atoms with Gasteiger partial charge in [0, 0.05) is 5.46 Å². The summed E-state index contributed by atoms with van der Waals surface area (Å²) >= 11 is 0. The lowest BCUT2D eigenvalue weighted by atomic mass is 9.78. The van der Waals surface area contributed by atoms with Crippen molar-refractivity contribution in [1.29, 1.82) is 0 Å². The molecule has 0 unspecified atom stereocenters. The van der Waals surface area contributed by atoms with E-state index in [0.29, 0.717) is 17.8 Å². The third-order valence-corrected chi connectivity index (χ3v) is 3.13. The van der Waals surface area contributed by atoms with Crippen LogP contribution in [0.1, 0.15) is 24.5 Å². The summed E-state index contributed by atoms with van der Waals surface area (Å²) in [4.78, 5) is 0. The van der Waals surface area contributed by atoms with Crippen molar-refractivity contribution in [2.24, 2.45) is 0 Å². The third-order valence-electron chi connectivity index (χ3n) is 3.13. The Morgan fingerprint density at radius 3 is 2.40 bits per heavy atom. The van der Waals surface area contributed by atoms with Gasteiger partial charge in [-0.05, 0) is 23.6 Å². The van der Waals surface area contributed by atoms with Gasteiger partial charge in [0.05, 0.1) is 0 Å². The number of aryl methyl sites for hydroxylation is 1. The predicted molar refractivity (Wildman–Crippen MR) is 81.0 cm³/mol. The molecule has 0 aliphatic carbocycles. The molecule has 0 radical (unpaired) electrons. The Balaban J connectivity index is 2.14. The Morgan fingerprint density at radius 2 is 1.75 bits per heavy atom. The van der Waals surface area contributed by atoms with Crippen molar-refractivity contribution in [1.82, 2.24) is 0 Å². The normalized spacial score (nSPS) is 10.3. The lowest BCUT2D eigenvalue weighted by molar-refractivity contribution is 0.306. The molecule has 0 aliphatic heterocycles. The number of hydrogen-bond acceptors (Lipinski definition) is 3. The van der Waals surface area contributed by atoms with Gasteiger partial charge in [0.1, 0.15) is 12.4 Å². The van der Waals surface area contributed by atoms with E-state index in [2.05, 4.69) is 6.92 Å². The molecule has 20 heavy (non-hydrogen) atoms. The fourth-order valence-electron chi connectivity index (χ4n) is 2.11. The standard InChI is InChI=1S/C16H19BO3/c1-2-6-13-9-10-16(15(11-13)17(18)19)20-12-14-7-4-3-5-8-14/h3-5,7-11,18-19H,2,6,12H2,1H3. The van der Waals surface area contributed by atoms with Crippen LogP contribution in [0.3, 0.4) is 0 Å². The number of ether oxygens (including phenoxy) is 1. The van der Waals surface area contributed by atoms with Crippen molar-refractivity contribution >= 4 is 12.6 Å².